The molecule has 5 nitrogen and oxygen atoms in total. The molecule has 0 radical (unpaired) electrons. The van der Waals surface area contributed by atoms with Gasteiger partial charge in [-0.3, -0.25) is 9.59 Å². The zero-order chi connectivity index (χ0) is 20.8. The Labute approximate surface area is 178 Å². The maximum absolute atomic E-state index is 12.4. The van der Waals surface area contributed by atoms with E-state index in [1.165, 1.54) is 0 Å². The Bertz CT molecular complexity index is 1040. The fourth-order valence-electron chi connectivity index (χ4n) is 2.60. The lowest BCUT2D eigenvalue weighted by atomic mass is 10.2. The molecule has 0 saturated heterocycles. The minimum absolute atomic E-state index is 0.303. The van der Waals surface area contributed by atoms with E-state index in [1.807, 2.05) is 6.92 Å². The number of hydrogen-bond acceptors (Lipinski definition) is 3. The minimum atomic E-state index is -0.309. The molecular formula is C22H18Cl2N2O3. The van der Waals surface area contributed by atoms with Gasteiger partial charge in [-0.25, -0.2) is 0 Å². The molecule has 2 amide bonds. The van der Waals surface area contributed by atoms with Crippen molar-refractivity contribution in [3.8, 4) is 5.75 Å². The molecule has 0 aliphatic carbocycles. The van der Waals surface area contributed by atoms with E-state index < -0.39 is 0 Å². The van der Waals surface area contributed by atoms with Crippen molar-refractivity contribution in [3.05, 3.63) is 87.9 Å². The SMILES string of the molecule is CCOc1ccc(C(=O)Nc2ccc(NC(=O)c3ccccc3Cl)cc2)cc1Cl. The van der Waals surface area contributed by atoms with Crippen molar-refractivity contribution in [1.29, 1.82) is 0 Å². The molecule has 0 heterocycles. The largest absolute Gasteiger partial charge is 0.492 e. The first kappa shape index (κ1) is 20.7. The lowest BCUT2D eigenvalue weighted by molar-refractivity contribution is 0.101. The Morgan fingerprint density at radius 3 is 2.03 bits per heavy atom. The summed E-state index contributed by atoms with van der Waals surface area (Å²) in [7, 11) is 0. The third-order valence-electron chi connectivity index (χ3n) is 4.01. The number of nitrogens with one attached hydrogen (secondary N) is 2. The van der Waals surface area contributed by atoms with Crippen LogP contribution in [0.1, 0.15) is 27.6 Å². The first-order valence-electron chi connectivity index (χ1n) is 8.87. The van der Waals surface area contributed by atoms with Crippen molar-refractivity contribution in [3.63, 3.8) is 0 Å². The number of amides is 2. The van der Waals surface area contributed by atoms with Crippen molar-refractivity contribution < 1.29 is 14.3 Å². The molecule has 0 spiro atoms. The Hall–Kier alpha value is -3.02. The Kier molecular flexibility index (Phi) is 6.75. The van der Waals surface area contributed by atoms with Gasteiger partial charge in [0.15, 0.2) is 0 Å². The van der Waals surface area contributed by atoms with Gasteiger partial charge < -0.3 is 15.4 Å². The molecule has 0 fully saturated rings. The van der Waals surface area contributed by atoms with Crippen LogP contribution in [0.15, 0.2) is 66.7 Å². The predicted molar refractivity (Wildman–Crippen MR) is 116 cm³/mol. The number of halogens is 2. The molecule has 2 N–H and O–H groups in total. The van der Waals surface area contributed by atoms with Crippen LogP contribution in [0.4, 0.5) is 11.4 Å². The number of hydrogen-bond donors (Lipinski definition) is 2. The summed E-state index contributed by atoms with van der Waals surface area (Å²) in [5, 5.41) is 6.31. The highest BCUT2D eigenvalue weighted by Crippen LogP contribution is 2.26. The molecule has 3 aromatic carbocycles. The Balaban J connectivity index is 1.64. The average molecular weight is 429 g/mol. The summed E-state index contributed by atoms with van der Waals surface area (Å²) >= 11 is 12.2. The fraction of sp³-hybridized carbons (Fsp3) is 0.0909. The van der Waals surface area contributed by atoms with E-state index in [2.05, 4.69) is 10.6 Å². The second-order valence-corrected chi connectivity index (χ2v) is 6.86. The van der Waals surface area contributed by atoms with Crippen LogP contribution in [-0.4, -0.2) is 18.4 Å². The van der Waals surface area contributed by atoms with Crippen LogP contribution in [-0.2, 0) is 0 Å². The molecule has 7 heteroatoms. The van der Waals surface area contributed by atoms with Gasteiger partial charge in [0, 0.05) is 16.9 Å². The minimum Gasteiger partial charge on any atom is -0.492 e. The van der Waals surface area contributed by atoms with Crippen LogP contribution in [0.3, 0.4) is 0 Å². The van der Waals surface area contributed by atoms with Crippen LogP contribution < -0.4 is 15.4 Å². The quantitative estimate of drug-likeness (QED) is 0.513. The molecule has 0 unspecified atom stereocenters. The molecule has 0 saturated carbocycles. The van der Waals surface area contributed by atoms with E-state index >= 15 is 0 Å². The highest BCUT2D eigenvalue weighted by Gasteiger charge is 2.11. The smallest absolute Gasteiger partial charge is 0.257 e. The molecule has 29 heavy (non-hydrogen) atoms. The summed E-state index contributed by atoms with van der Waals surface area (Å²) < 4.78 is 5.37. The van der Waals surface area contributed by atoms with Crippen molar-refractivity contribution in [1.82, 2.24) is 0 Å². The molecule has 0 aromatic heterocycles. The van der Waals surface area contributed by atoms with E-state index in [0.717, 1.165) is 0 Å². The normalized spacial score (nSPS) is 10.3. The Morgan fingerprint density at radius 2 is 1.45 bits per heavy atom. The predicted octanol–water partition coefficient (Wildman–Crippen LogP) is 5.90. The van der Waals surface area contributed by atoms with E-state index in [-0.39, 0.29) is 11.8 Å². The Morgan fingerprint density at radius 1 is 0.828 bits per heavy atom. The van der Waals surface area contributed by atoms with Crippen LogP contribution in [0.25, 0.3) is 0 Å². The average Bonchev–Trinajstić information content (AvgIpc) is 2.71. The number of carbonyl (C=O) groups excluding carboxylic acids is 2. The van der Waals surface area contributed by atoms with Gasteiger partial charge in [-0.1, -0.05) is 35.3 Å². The lowest BCUT2D eigenvalue weighted by Gasteiger charge is -2.10. The zero-order valence-corrected chi connectivity index (χ0v) is 17.1. The van der Waals surface area contributed by atoms with Crippen LogP contribution in [0, 0.1) is 0 Å². The third-order valence-corrected chi connectivity index (χ3v) is 4.64. The van der Waals surface area contributed by atoms with E-state index in [1.54, 1.807) is 66.7 Å². The standard InChI is InChI=1S/C22H18Cl2N2O3/c1-2-29-20-12-7-14(13-19(20)24)21(27)25-15-8-10-16(11-9-15)26-22(28)17-5-3-4-6-18(17)23/h3-13H,2H2,1H3,(H,25,27)(H,26,28). The maximum atomic E-state index is 12.4. The summed E-state index contributed by atoms with van der Waals surface area (Å²) in [4.78, 5) is 24.7. The number of anilines is 2. The molecule has 0 bridgehead atoms. The van der Waals surface area contributed by atoms with Crippen molar-refractivity contribution >= 4 is 46.4 Å². The van der Waals surface area contributed by atoms with Crippen LogP contribution in [0.2, 0.25) is 10.0 Å². The van der Waals surface area contributed by atoms with Gasteiger partial charge in [-0.2, -0.15) is 0 Å². The highest BCUT2D eigenvalue weighted by molar-refractivity contribution is 6.34. The molecule has 3 rings (SSSR count). The second-order valence-electron chi connectivity index (χ2n) is 6.04. The van der Waals surface area contributed by atoms with E-state index in [0.29, 0.717) is 44.9 Å². The first-order valence-corrected chi connectivity index (χ1v) is 9.63. The lowest BCUT2D eigenvalue weighted by Crippen LogP contribution is -2.13. The monoisotopic (exact) mass is 428 g/mol. The summed E-state index contributed by atoms with van der Waals surface area (Å²) in [6.07, 6.45) is 0. The van der Waals surface area contributed by atoms with Crippen molar-refractivity contribution in [2.75, 3.05) is 17.2 Å². The summed E-state index contributed by atoms with van der Waals surface area (Å²) in [6.45, 7) is 2.35. The summed E-state index contributed by atoms with van der Waals surface area (Å²) in [5.41, 5.74) is 1.96. The van der Waals surface area contributed by atoms with Gasteiger partial charge in [0.05, 0.1) is 22.2 Å². The van der Waals surface area contributed by atoms with Crippen molar-refractivity contribution in [2.45, 2.75) is 6.92 Å². The fourth-order valence-corrected chi connectivity index (χ4v) is 3.06. The second kappa shape index (κ2) is 9.45. The first-order chi connectivity index (χ1) is 14.0. The maximum Gasteiger partial charge on any atom is 0.257 e. The molecule has 0 aliphatic rings. The zero-order valence-electron chi connectivity index (χ0n) is 15.5. The van der Waals surface area contributed by atoms with Crippen molar-refractivity contribution in [2.24, 2.45) is 0 Å². The summed E-state index contributed by atoms with van der Waals surface area (Å²) in [6, 6.07) is 18.4. The number of rotatable bonds is 6. The van der Waals surface area contributed by atoms with Crippen LogP contribution in [0.5, 0.6) is 5.75 Å². The van der Waals surface area contributed by atoms with Gasteiger partial charge in [-0.05, 0) is 61.5 Å². The van der Waals surface area contributed by atoms with Gasteiger partial charge in [-0.15, -0.1) is 0 Å². The molecule has 0 atom stereocenters. The number of ether oxygens (including phenoxy) is 1. The van der Waals surface area contributed by atoms with Crippen LogP contribution >= 0.6 is 23.2 Å². The molecule has 0 aliphatic heterocycles. The summed E-state index contributed by atoms with van der Waals surface area (Å²) in [5.74, 6) is -0.0800. The number of benzene rings is 3. The van der Waals surface area contributed by atoms with Gasteiger partial charge in [0.2, 0.25) is 0 Å². The molecular weight excluding hydrogens is 411 g/mol. The van der Waals surface area contributed by atoms with Gasteiger partial charge >= 0.3 is 0 Å². The van der Waals surface area contributed by atoms with Gasteiger partial charge in [0.1, 0.15) is 5.75 Å². The van der Waals surface area contributed by atoms with E-state index in [4.69, 9.17) is 27.9 Å². The molecule has 3 aromatic rings. The van der Waals surface area contributed by atoms with Gasteiger partial charge in [0.25, 0.3) is 11.8 Å². The topological polar surface area (TPSA) is 67.4 Å². The third kappa shape index (κ3) is 5.28. The molecule has 148 valence electrons. The van der Waals surface area contributed by atoms with E-state index in [9.17, 15) is 9.59 Å². The highest BCUT2D eigenvalue weighted by atomic mass is 35.5. The number of carbonyl (C=O) groups is 2.